The monoisotopic (exact) mass is 427 g/mol. The second kappa shape index (κ2) is 8.38. The topological polar surface area (TPSA) is 80.1 Å². The average Bonchev–Trinajstić information content (AvgIpc) is 3.23. The van der Waals surface area contributed by atoms with E-state index in [4.69, 9.17) is 0 Å². The fourth-order valence-corrected chi connectivity index (χ4v) is 4.44. The van der Waals surface area contributed by atoms with Crippen LogP contribution in [0.15, 0.2) is 46.9 Å². The minimum Gasteiger partial charge on any atom is -0.345 e. The number of amides is 2. The van der Waals surface area contributed by atoms with Gasteiger partial charge in [-0.3, -0.25) is 14.2 Å². The van der Waals surface area contributed by atoms with Crippen LogP contribution in [0.3, 0.4) is 0 Å². The summed E-state index contributed by atoms with van der Waals surface area (Å²) in [6.45, 7) is 0. The number of carbonyl (C=O) groups excluding carboxylic acids is 2. The van der Waals surface area contributed by atoms with E-state index in [1.807, 2.05) is 17.5 Å². The molecule has 1 aliphatic carbocycles. The number of anilines is 1. The van der Waals surface area contributed by atoms with Crippen molar-refractivity contribution in [2.45, 2.75) is 24.0 Å². The van der Waals surface area contributed by atoms with Crippen LogP contribution in [0, 0.1) is 0 Å². The minimum absolute atomic E-state index is 0.103. The van der Waals surface area contributed by atoms with Gasteiger partial charge in [0, 0.05) is 31.4 Å². The van der Waals surface area contributed by atoms with E-state index >= 15 is 0 Å². The first-order valence-electron chi connectivity index (χ1n) is 9.26. The number of nitrogens with zero attached hydrogens (tertiary/aromatic N) is 4. The molecule has 0 saturated heterocycles. The molecule has 1 aliphatic rings. The lowest BCUT2D eigenvalue weighted by Crippen LogP contribution is -2.22. The highest BCUT2D eigenvalue weighted by molar-refractivity contribution is 7.99. The first-order chi connectivity index (χ1) is 14.0. The molecule has 9 heteroatoms. The van der Waals surface area contributed by atoms with E-state index in [1.165, 1.54) is 16.7 Å². The van der Waals surface area contributed by atoms with Gasteiger partial charge in [-0.15, -0.1) is 21.5 Å². The molecule has 1 aromatic carbocycles. The molecule has 4 rings (SSSR count). The summed E-state index contributed by atoms with van der Waals surface area (Å²) >= 11 is 3.02. The summed E-state index contributed by atoms with van der Waals surface area (Å²) < 4.78 is 2.15. The van der Waals surface area contributed by atoms with Gasteiger partial charge in [-0.25, -0.2) is 0 Å². The summed E-state index contributed by atoms with van der Waals surface area (Å²) in [5.41, 5.74) is 1.14. The van der Waals surface area contributed by atoms with Gasteiger partial charge in [-0.05, 0) is 42.5 Å². The number of aromatic nitrogens is 3. The number of hydrogen-bond donors (Lipinski definition) is 1. The summed E-state index contributed by atoms with van der Waals surface area (Å²) in [7, 11) is 3.40. The average molecular weight is 428 g/mol. The third-order valence-electron chi connectivity index (χ3n) is 4.45. The van der Waals surface area contributed by atoms with Crippen molar-refractivity contribution in [2.75, 3.05) is 25.2 Å². The van der Waals surface area contributed by atoms with Crippen LogP contribution < -0.4 is 5.32 Å². The Morgan fingerprint density at radius 1 is 1.24 bits per heavy atom. The number of nitrogens with one attached hydrogen (secondary N) is 1. The van der Waals surface area contributed by atoms with Crippen LogP contribution in [-0.4, -0.2) is 51.3 Å². The fraction of sp³-hybridized carbons (Fsp3) is 0.300. The standard InChI is InChI=1S/C20H21N5O2S2/c1-24(2)19(27)13-5-3-6-14(11-13)21-17(26)12-29-20-23-22-18(16-7-4-10-28-16)25(20)15-8-9-15/h3-7,10-11,15H,8-9,12H2,1-2H3,(H,21,26). The van der Waals surface area contributed by atoms with Gasteiger partial charge in [0.1, 0.15) is 0 Å². The highest BCUT2D eigenvalue weighted by Crippen LogP contribution is 2.41. The van der Waals surface area contributed by atoms with Crippen molar-refractivity contribution in [1.29, 1.82) is 0 Å². The Hall–Kier alpha value is -2.65. The largest absolute Gasteiger partial charge is 0.345 e. The molecule has 1 N–H and O–H groups in total. The predicted molar refractivity (Wildman–Crippen MR) is 115 cm³/mol. The number of carbonyl (C=O) groups is 2. The zero-order chi connectivity index (χ0) is 20.4. The van der Waals surface area contributed by atoms with Gasteiger partial charge in [0.2, 0.25) is 5.91 Å². The predicted octanol–water partition coefficient (Wildman–Crippen LogP) is 3.77. The van der Waals surface area contributed by atoms with Crippen molar-refractivity contribution in [3.63, 3.8) is 0 Å². The number of hydrogen-bond acceptors (Lipinski definition) is 6. The third-order valence-corrected chi connectivity index (χ3v) is 6.26. The van der Waals surface area contributed by atoms with Crippen LogP contribution in [0.1, 0.15) is 29.2 Å². The lowest BCUT2D eigenvalue weighted by Gasteiger charge is -2.12. The molecule has 2 heterocycles. The van der Waals surface area contributed by atoms with E-state index < -0.39 is 0 Å². The van der Waals surface area contributed by atoms with Crippen LogP contribution in [0.25, 0.3) is 10.7 Å². The maximum atomic E-state index is 12.5. The van der Waals surface area contributed by atoms with E-state index in [0.717, 1.165) is 28.7 Å². The molecule has 0 atom stereocenters. The molecule has 1 saturated carbocycles. The Labute approximate surface area is 177 Å². The molecular formula is C20H21N5O2S2. The van der Waals surface area contributed by atoms with Crippen LogP contribution in [0.4, 0.5) is 5.69 Å². The van der Waals surface area contributed by atoms with Crippen molar-refractivity contribution in [3.05, 3.63) is 47.3 Å². The highest BCUT2D eigenvalue weighted by atomic mass is 32.2. The van der Waals surface area contributed by atoms with Crippen LogP contribution in [0.2, 0.25) is 0 Å². The van der Waals surface area contributed by atoms with Gasteiger partial charge in [0.05, 0.1) is 10.6 Å². The molecule has 7 nitrogen and oxygen atoms in total. The molecule has 3 aromatic rings. The molecular weight excluding hydrogens is 406 g/mol. The maximum absolute atomic E-state index is 12.5. The molecule has 2 aromatic heterocycles. The molecule has 2 amide bonds. The lowest BCUT2D eigenvalue weighted by molar-refractivity contribution is -0.113. The Morgan fingerprint density at radius 3 is 2.76 bits per heavy atom. The van der Waals surface area contributed by atoms with E-state index in [1.54, 1.807) is 49.7 Å². The second-order valence-corrected chi connectivity index (χ2v) is 8.89. The molecule has 0 radical (unpaired) electrons. The van der Waals surface area contributed by atoms with Gasteiger partial charge in [-0.2, -0.15) is 0 Å². The van der Waals surface area contributed by atoms with E-state index in [9.17, 15) is 9.59 Å². The molecule has 0 spiro atoms. The fourth-order valence-electron chi connectivity index (χ4n) is 2.93. The SMILES string of the molecule is CN(C)C(=O)c1cccc(NC(=O)CSc2nnc(-c3cccs3)n2C2CC2)c1. The first kappa shape index (κ1) is 19.7. The Balaban J connectivity index is 1.42. The summed E-state index contributed by atoms with van der Waals surface area (Å²) in [5.74, 6) is 0.850. The van der Waals surface area contributed by atoms with Crippen LogP contribution in [0.5, 0.6) is 0 Å². The zero-order valence-corrected chi connectivity index (χ0v) is 17.8. The van der Waals surface area contributed by atoms with Gasteiger partial charge in [0.25, 0.3) is 5.91 Å². The van der Waals surface area contributed by atoms with Gasteiger partial charge in [-0.1, -0.05) is 23.9 Å². The number of benzene rings is 1. The summed E-state index contributed by atoms with van der Waals surface area (Å²) in [6, 6.07) is 11.4. The van der Waals surface area contributed by atoms with E-state index in [-0.39, 0.29) is 17.6 Å². The summed E-state index contributed by atoms with van der Waals surface area (Å²) in [6.07, 6.45) is 2.23. The quantitative estimate of drug-likeness (QED) is 0.581. The smallest absolute Gasteiger partial charge is 0.253 e. The Kier molecular flexibility index (Phi) is 5.68. The van der Waals surface area contributed by atoms with Crippen molar-refractivity contribution in [2.24, 2.45) is 0 Å². The molecule has 0 bridgehead atoms. The van der Waals surface area contributed by atoms with Crippen molar-refractivity contribution in [1.82, 2.24) is 19.7 Å². The van der Waals surface area contributed by atoms with Crippen LogP contribution in [-0.2, 0) is 4.79 Å². The summed E-state index contributed by atoms with van der Waals surface area (Å²) in [5, 5.41) is 14.3. The number of thiophene rings is 1. The van der Waals surface area contributed by atoms with Gasteiger partial charge >= 0.3 is 0 Å². The van der Waals surface area contributed by atoms with Gasteiger partial charge < -0.3 is 10.2 Å². The second-order valence-electron chi connectivity index (χ2n) is 7.00. The minimum atomic E-state index is -0.146. The first-order valence-corrected chi connectivity index (χ1v) is 11.1. The highest BCUT2D eigenvalue weighted by Gasteiger charge is 2.30. The van der Waals surface area contributed by atoms with Crippen LogP contribution >= 0.6 is 23.1 Å². The molecule has 0 unspecified atom stereocenters. The van der Waals surface area contributed by atoms with E-state index in [0.29, 0.717) is 17.3 Å². The molecule has 29 heavy (non-hydrogen) atoms. The van der Waals surface area contributed by atoms with Crippen molar-refractivity contribution >= 4 is 40.6 Å². The molecule has 0 aliphatic heterocycles. The molecule has 1 fully saturated rings. The van der Waals surface area contributed by atoms with Crippen molar-refractivity contribution < 1.29 is 9.59 Å². The van der Waals surface area contributed by atoms with E-state index in [2.05, 4.69) is 20.1 Å². The lowest BCUT2D eigenvalue weighted by atomic mass is 10.2. The van der Waals surface area contributed by atoms with Crippen molar-refractivity contribution in [3.8, 4) is 10.7 Å². The molecule has 150 valence electrons. The maximum Gasteiger partial charge on any atom is 0.253 e. The normalized spacial score (nSPS) is 13.3. The third kappa shape index (κ3) is 4.51. The Bertz CT molecular complexity index is 1030. The zero-order valence-electron chi connectivity index (χ0n) is 16.2. The summed E-state index contributed by atoms with van der Waals surface area (Å²) in [4.78, 5) is 27.1. The number of thioether (sulfide) groups is 1. The van der Waals surface area contributed by atoms with Gasteiger partial charge in [0.15, 0.2) is 11.0 Å². The Morgan fingerprint density at radius 2 is 2.07 bits per heavy atom. The number of rotatable bonds is 7.